The van der Waals surface area contributed by atoms with Crippen LogP contribution in [0.15, 0.2) is 0 Å². The molecule has 1 fully saturated rings. The summed E-state index contributed by atoms with van der Waals surface area (Å²) < 4.78 is 0. The average molecular weight is 244 g/mol. The quantitative estimate of drug-likeness (QED) is 0.741. The molecule has 16 heavy (non-hydrogen) atoms. The molecule has 0 aromatic carbocycles. The smallest absolute Gasteiger partial charge is 0.0195 e. The van der Waals surface area contributed by atoms with Crippen molar-refractivity contribution in [1.82, 2.24) is 10.2 Å². The van der Waals surface area contributed by atoms with Gasteiger partial charge in [-0.3, -0.25) is 4.90 Å². The fourth-order valence-electron chi connectivity index (χ4n) is 2.39. The number of piperidine rings is 1. The summed E-state index contributed by atoms with van der Waals surface area (Å²) in [4.78, 5) is 2.67. The van der Waals surface area contributed by atoms with E-state index in [1.54, 1.807) is 0 Å². The molecule has 0 spiro atoms. The summed E-state index contributed by atoms with van der Waals surface area (Å²) in [6.07, 6.45) is 7.52. The molecule has 0 saturated carbocycles. The van der Waals surface area contributed by atoms with Crippen molar-refractivity contribution >= 4 is 11.8 Å². The minimum Gasteiger partial charge on any atom is -0.313 e. The maximum absolute atomic E-state index is 3.67. The highest BCUT2D eigenvalue weighted by molar-refractivity contribution is 7.98. The lowest BCUT2D eigenvalue weighted by Gasteiger charge is -2.37. The zero-order valence-corrected chi connectivity index (χ0v) is 12.0. The van der Waals surface area contributed by atoms with Gasteiger partial charge in [0.25, 0.3) is 0 Å². The Morgan fingerprint density at radius 3 is 3.00 bits per heavy atom. The molecular weight excluding hydrogens is 216 g/mol. The standard InChI is InChI=1S/C13H28N2S/c1-4-8-14-13-6-5-9-15(11-13)12(2)7-10-16-3/h12-14H,4-11H2,1-3H3. The SMILES string of the molecule is CCCNC1CCCN(C(C)CCSC)C1. The van der Waals surface area contributed by atoms with Crippen LogP contribution >= 0.6 is 11.8 Å². The topological polar surface area (TPSA) is 15.3 Å². The summed E-state index contributed by atoms with van der Waals surface area (Å²) in [6, 6.07) is 1.50. The van der Waals surface area contributed by atoms with E-state index in [1.807, 2.05) is 11.8 Å². The number of thioether (sulfide) groups is 1. The van der Waals surface area contributed by atoms with Crippen molar-refractivity contribution in [3.63, 3.8) is 0 Å². The molecule has 1 N–H and O–H groups in total. The van der Waals surface area contributed by atoms with Crippen LogP contribution in [0.1, 0.15) is 39.5 Å². The van der Waals surface area contributed by atoms with E-state index < -0.39 is 0 Å². The van der Waals surface area contributed by atoms with E-state index >= 15 is 0 Å². The second-order valence-electron chi connectivity index (χ2n) is 4.92. The molecule has 2 atom stereocenters. The Balaban J connectivity index is 2.25. The third-order valence-electron chi connectivity index (χ3n) is 3.50. The lowest BCUT2D eigenvalue weighted by molar-refractivity contribution is 0.143. The molecule has 3 heteroatoms. The normalized spacial score (nSPS) is 24.6. The summed E-state index contributed by atoms with van der Waals surface area (Å²) in [5, 5.41) is 3.67. The molecule has 2 nitrogen and oxygen atoms in total. The Labute approximate surface area is 106 Å². The Kier molecular flexibility index (Phi) is 7.50. The number of nitrogens with zero attached hydrogens (tertiary/aromatic N) is 1. The van der Waals surface area contributed by atoms with Crippen molar-refractivity contribution in [3.8, 4) is 0 Å². The highest BCUT2D eigenvalue weighted by Gasteiger charge is 2.22. The molecule has 0 bridgehead atoms. The molecule has 1 aliphatic rings. The maximum Gasteiger partial charge on any atom is 0.0195 e. The van der Waals surface area contributed by atoms with Gasteiger partial charge >= 0.3 is 0 Å². The van der Waals surface area contributed by atoms with Crippen LogP contribution in [0.4, 0.5) is 0 Å². The maximum atomic E-state index is 3.67. The monoisotopic (exact) mass is 244 g/mol. The van der Waals surface area contributed by atoms with Crippen LogP contribution in [0, 0.1) is 0 Å². The van der Waals surface area contributed by atoms with Crippen LogP contribution in [0.5, 0.6) is 0 Å². The molecule has 0 radical (unpaired) electrons. The minimum atomic E-state index is 0.741. The molecule has 0 aliphatic carbocycles. The summed E-state index contributed by atoms with van der Waals surface area (Å²) in [5.74, 6) is 1.30. The van der Waals surface area contributed by atoms with Gasteiger partial charge in [-0.2, -0.15) is 11.8 Å². The third kappa shape index (κ3) is 5.07. The number of hydrogen-bond acceptors (Lipinski definition) is 3. The molecule has 1 heterocycles. The average Bonchev–Trinajstić information content (AvgIpc) is 2.33. The van der Waals surface area contributed by atoms with Crippen LogP contribution in [0.2, 0.25) is 0 Å². The van der Waals surface area contributed by atoms with Gasteiger partial charge in [0.1, 0.15) is 0 Å². The van der Waals surface area contributed by atoms with Crippen LogP contribution in [0.3, 0.4) is 0 Å². The number of likely N-dealkylation sites (tertiary alicyclic amines) is 1. The number of rotatable bonds is 7. The molecule has 1 rings (SSSR count). The van der Waals surface area contributed by atoms with Crippen molar-refractivity contribution in [2.45, 2.75) is 51.6 Å². The van der Waals surface area contributed by atoms with E-state index in [9.17, 15) is 0 Å². The van der Waals surface area contributed by atoms with Crippen LogP contribution in [-0.2, 0) is 0 Å². The fourth-order valence-corrected chi connectivity index (χ4v) is 2.97. The van der Waals surface area contributed by atoms with Crippen molar-refractivity contribution in [2.75, 3.05) is 31.6 Å². The molecular formula is C13H28N2S. The van der Waals surface area contributed by atoms with E-state index in [0.29, 0.717) is 0 Å². The first-order valence-corrected chi connectivity index (χ1v) is 8.13. The van der Waals surface area contributed by atoms with Crippen LogP contribution in [-0.4, -0.2) is 48.6 Å². The molecule has 0 aromatic rings. The Hall–Kier alpha value is 0.270. The summed E-state index contributed by atoms with van der Waals surface area (Å²) in [6.45, 7) is 8.38. The van der Waals surface area contributed by atoms with Crippen molar-refractivity contribution in [3.05, 3.63) is 0 Å². The van der Waals surface area contributed by atoms with Gasteiger partial charge < -0.3 is 5.32 Å². The van der Waals surface area contributed by atoms with Crippen molar-refractivity contribution in [1.29, 1.82) is 0 Å². The second kappa shape index (κ2) is 8.37. The third-order valence-corrected chi connectivity index (χ3v) is 4.14. The summed E-state index contributed by atoms with van der Waals surface area (Å²) >= 11 is 1.97. The van der Waals surface area contributed by atoms with Gasteiger partial charge in [0, 0.05) is 18.6 Å². The lowest BCUT2D eigenvalue weighted by atomic mass is 10.0. The number of hydrogen-bond donors (Lipinski definition) is 1. The second-order valence-corrected chi connectivity index (χ2v) is 5.90. The van der Waals surface area contributed by atoms with E-state index in [-0.39, 0.29) is 0 Å². The fraction of sp³-hybridized carbons (Fsp3) is 1.00. The zero-order valence-electron chi connectivity index (χ0n) is 11.2. The molecule has 1 saturated heterocycles. The molecule has 2 unspecified atom stereocenters. The molecule has 1 aliphatic heterocycles. The first-order chi connectivity index (χ1) is 7.77. The van der Waals surface area contributed by atoms with Crippen molar-refractivity contribution < 1.29 is 0 Å². The van der Waals surface area contributed by atoms with Gasteiger partial charge in [0.2, 0.25) is 0 Å². The largest absolute Gasteiger partial charge is 0.313 e. The first kappa shape index (κ1) is 14.3. The van der Waals surface area contributed by atoms with Crippen LogP contribution < -0.4 is 5.32 Å². The van der Waals surface area contributed by atoms with Crippen molar-refractivity contribution in [2.24, 2.45) is 0 Å². The molecule has 0 aromatic heterocycles. The number of nitrogens with one attached hydrogen (secondary N) is 1. The van der Waals surface area contributed by atoms with Crippen LogP contribution in [0.25, 0.3) is 0 Å². The van der Waals surface area contributed by atoms with Gasteiger partial charge in [-0.15, -0.1) is 0 Å². The predicted octanol–water partition coefficient (Wildman–Crippen LogP) is 2.59. The van der Waals surface area contributed by atoms with Gasteiger partial charge in [-0.05, 0) is 57.7 Å². The lowest BCUT2D eigenvalue weighted by Crippen LogP contribution is -2.49. The Morgan fingerprint density at radius 2 is 2.31 bits per heavy atom. The van der Waals surface area contributed by atoms with E-state index in [4.69, 9.17) is 0 Å². The van der Waals surface area contributed by atoms with E-state index in [2.05, 4.69) is 30.3 Å². The van der Waals surface area contributed by atoms with E-state index in [0.717, 1.165) is 12.1 Å². The Bertz CT molecular complexity index is 169. The predicted molar refractivity (Wildman–Crippen MR) is 75.3 cm³/mol. The Morgan fingerprint density at radius 1 is 1.50 bits per heavy atom. The first-order valence-electron chi connectivity index (χ1n) is 6.74. The summed E-state index contributed by atoms with van der Waals surface area (Å²) in [5.41, 5.74) is 0. The molecule has 0 amide bonds. The van der Waals surface area contributed by atoms with Gasteiger partial charge in [0.15, 0.2) is 0 Å². The van der Waals surface area contributed by atoms with E-state index in [1.165, 1.54) is 51.1 Å². The zero-order chi connectivity index (χ0) is 11.8. The highest BCUT2D eigenvalue weighted by Crippen LogP contribution is 2.16. The minimum absolute atomic E-state index is 0.741. The molecule has 96 valence electrons. The van der Waals surface area contributed by atoms with Gasteiger partial charge in [-0.1, -0.05) is 6.92 Å². The highest BCUT2D eigenvalue weighted by atomic mass is 32.2. The summed E-state index contributed by atoms with van der Waals surface area (Å²) in [7, 11) is 0. The van der Waals surface area contributed by atoms with Gasteiger partial charge in [0.05, 0.1) is 0 Å². The van der Waals surface area contributed by atoms with Gasteiger partial charge in [-0.25, -0.2) is 0 Å².